The molecule has 0 aliphatic carbocycles. The molecule has 1 fully saturated rings. The third-order valence-electron chi connectivity index (χ3n) is 4.06. The lowest BCUT2D eigenvalue weighted by Crippen LogP contribution is -2.53. The van der Waals surface area contributed by atoms with Gasteiger partial charge in [-0.15, -0.1) is 0 Å². The summed E-state index contributed by atoms with van der Waals surface area (Å²) in [5.41, 5.74) is 1.15. The summed E-state index contributed by atoms with van der Waals surface area (Å²) in [6.07, 6.45) is 1.89. The van der Waals surface area contributed by atoms with E-state index < -0.39 is 0 Å². The molecule has 1 aliphatic heterocycles. The second-order valence-corrected chi connectivity index (χ2v) is 6.48. The second kappa shape index (κ2) is 6.64. The Kier molecular flexibility index (Phi) is 5.11. The lowest BCUT2D eigenvalue weighted by atomic mass is 10.1. The van der Waals surface area contributed by atoms with E-state index in [1.54, 1.807) is 0 Å². The maximum Gasteiger partial charge on any atom is 0.131 e. The zero-order chi connectivity index (χ0) is 14.7. The van der Waals surface area contributed by atoms with Crippen molar-refractivity contribution in [3.8, 4) is 0 Å². The van der Waals surface area contributed by atoms with Gasteiger partial charge in [0.2, 0.25) is 0 Å². The Labute approximate surface area is 123 Å². The van der Waals surface area contributed by atoms with Crippen LogP contribution >= 0.6 is 0 Å². The molecule has 2 heterocycles. The maximum absolute atomic E-state index is 4.68. The molecule has 1 aromatic rings. The van der Waals surface area contributed by atoms with E-state index in [9.17, 15) is 0 Å². The van der Waals surface area contributed by atoms with Crippen LogP contribution < -0.4 is 0 Å². The molecule has 0 aromatic carbocycles. The Bertz CT molecular complexity index is 430. The summed E-state index contributed by atoms with van der Waals surface area (Å²) >= 11 is 0. The van der Waals surface area contributed by atoms with Crippen LogP contribution in [0, 0.1) is 0 Å². The third-order valence-corrected chi connectivity index (χ3v) is 4.06. The fraction of sp³-hybridized carbons (Fsp3) is 0.750. The van der Waals surface area contributed by atoms with E-state index in [-0.39, 0.29) is 0 Å². The molecule has 0 radical (unpaired) electrons. The van der Waals surface area contributed by atoms with Gasteiger partial charge in [-0.05, 0) is 26.8 Å². The van der Waals surface area contributed by atoms with Gasteiger partial charge in [0.05, 0.1) is 5.69 Å². The van der Waals surface area contributed by atoms with Crippen LogP contribution in [0.1, 0.15) is 52.1 Å². The zero-order valence-electron chi connectivity index (χ0n) is 13.5. The number of aromatic nitrogens is 2. The molecule has 0 bridgehead atoms. The molecule has 1 aliphatic rings. The van der Waals surface area contributed by atoms with Crippen LogP contribution in [0.4, 0.5) is 0 Å². The largest absolute Gasteiger partial charge is 0.296 e. The predicted octanol–water partition coefficient (Wildman–Crippen LogP) is 2.51. The van der Waals surface area contributed by atoms with Crippen molar-refractivity contribution in [2.45, 2.75) is 59.2 Å². The minimum atomic E-state index is 0.395. The molecule has 20 heavy (non-hydrogen) atoms. The van der Waals surface area contributed by atoms with Crippen molar-refractivity contribution in [2.24, 2.45) is 0 Å². The normalized spacial score (nSPS) is 21.9. The Morgan fingerprint density at radius 3 is 2.60 bits per heavy atom. The summed E-state index contributed by atoms with van der Waals surface area (Å²) in [6.45, 7) is 15.5. The second-order valence-electron chi connectivity index (χ2n) is 6.48. The molecule has 4 heteroatoms. The molecule has 4 nitrogen and oxygen atoms in total. The number of rotatable bonds is 4. The van der Waals surface area contributed by atoms with Gasteiger partial charge in [0.15, 0.2) is 0 Å². The van der Waals surface area contributed by atoms with Gasteiger partial charge in [0.25, 0.3) is 0 Å². The summed E-state index contributed by atoms with van der Waals surface area (Å²) in [5.74, 6) is 1.35. The summed E-state index contributed by atoms with van der Waals surface area (Å²) in [7, 11) is 0. The van der Waals surface area contributed by atoms with Crippen molar-refractivity contribution in [1.82, 2.24) is 19.8 Å². The van der Waals surface area contributed by atoms with Crippen molar-refractivity contribution >= 4 is 0 Å². The Morgan fingerprint density at radius 2 is 2.00 bits per heavy atom. The quantitative estimate of drug-likeness (QED) is 0.846. The van der Waals surface area contributed by atoms with Crippen LogP contribution in [0.15, 0.2) is 12.3 Å². The number of nitrogens with zero attached hydrogens (tertiary/aromatic N) is 4. The van der Waals surface area contributed by atoms with E-state index in [1.807, 2.05) is 12.3 Å². The van der Waals surface area contributed by atoms with Gasteiger partial charge in [-0.2, -0.15) is 0 Å². The first-order valence-electron chi connectivity index (χ1n) is 7.77. The fourth-order valence-corrected chi connectivity index (χ4v) is 2.97. The van der Waals surface area contributed by atoms with Crippen molar-refractivity contribution in [3.63, 3.8) is 0 Å². The average molecular weight is 276 g/mol. The standard InChI is InChI=1S/C16H28N4/c1-12(2)16-17-7-6-15(18-16)11-19-8-9-20(13(3)4)14(5)10-19/h6-7,12-14H,8-11H2,1-5H3. The van der Waals surface area contributed by atoms with Gasteiger partial charge < -0.3 is 0 Å². The predicted molar refractivity (Wildman–Crippen MR) is 82.7 cm³/mol. The minimum absolute atomic E-state index is 0.395. The fourth-order valence-electron chi connectivity index (χ4n) is 2.97. The Morgan fingerprint density at radius 1 is 1.25 bits per heavy atom. The molecular formula is C16H28N4. The summed E-state index contributed by atoms with van der Waals surface area (Å²) in [5, 5.41) is 0. The number of piperazine rings is 1. The molecular weight excluding hydrogens is 248 g/mol. The van der Waals surface area contributed by atoms with Crippen LogP contribution in [0.3, 0.4) is 0 Å². The monoisotopic (exact) mass is 276 g/mol. The van der Waals surface area contributed by atoms with Gasteiger partial charge in [-0.25, -0.2) is 9.97 Å². The molecule has 2 rings (SSSR count). The molecule has 1 saturated heterocycles. The number of hydrogen-bond donors (Lipinski definition) is 0. The smallest absolute Gasteiger partial charge is 0.131 e. The van der Waals surface area contributed by atoms with Gasteiger partial charge in [-0.1, -0.05) is 13.8 Å². The van der Waals surface area contributed by atoms with Crippen molar-refractivity contribution in [3.05, 3.63) is 23.8 Å². The Hall–Kier alpha value is -1.00. The Balaban J connectivity index is 1.96. The van der Waals surface area contributed by atoms with Crippen molar-refractivity contribution in [1.29, 1.82) is 0 Å². The molecule has 0 saturated carbocycles. The van der Waals surface area contributed by atoms with Crippen molar-refractivity contribution < 1.29 is 0 Å². The van der Waals surface area contributed by atoms with Gasteiger partial charge in [0.1, 0.15) is 5.82 Å². The lowest BCUT2D eigenvalue weighted by Gasteiger charge is -2.42. The number of hydrogen-bond acceptors (Lipinski definition) is 4. The topological polar surface area (TPSA) is 32.3 Å². The third kappa shape index (κ3) is 3.76. The molecule has 1 aromatic heterocycles. The van der Waals surface area contributed by atoms with Crippen LogP contribution in [0.2, 0.25) is 0 Å². The molecule has 0 spiro atoms. The first kappa shape index (κ1) is 15.4. The lowest BCUT2D eigenvalue weighted by molar-refractivity contribution is 0.0558. The zero-order valence-corrected chi connectivity index (χ0v) is 13.5. The van der Waals surface area contributed by atoms with Crippen LogP contribution in [0.5, 0.6) is 0 Å². The highest BCUT2D eigenvalue weighted by Gasteiger charge is 2.25. The maximum atomic E-state index is 4.68. The highest BCUT2D eigenvalue weighted by atomic mass is 15.3. The van der Waals surface area contributed by atoms with E-state index in [0.29, 0.717) is 18.0 Å². The van der Waals surface area contributed by atoms with E-state index >= 15 is 0 Å². The first-order chi connectivity index (χ1) is 9.47. The molecule has 0 amide bonds. The van der Waals surface area contributed by atoms with E-state index in [0.717, 1.165) is 37.7 Å². The molecule has 0 N–H and O–H groups in total. The van der Waals surface area contributed by atoms with E-state index in [4.69, 9.17) is 0 Å². The molecule has 1 atom stereocenters. The summed E-state index contributed by atoms with van der Waals surface area (Å²) < 4.78 is 0. The highest BCUT2D eigenvalue weighted by Crippen LogP contribution is 2.15. The van der Waals surface area contributed by atoms with Gasteiger partial charge in [0, 0.05) is 50.4 Å². The van der Waals surface area contributed by atoms with Crippen LogP contribution in [0.25, 0.3) is 0 Å². The summed E-state index contributed by atoms with van der Waals surface area (Å²) in [6, 6.07) is 3.31. The highest BCUT2D eigenvalue weighted by molar-refractivity contribution is 5.05. The van der Waals surface area contributed by atoms with Crippen LogP contribution in [-0.2, 0) is 6.54 Å². The van der Waals surface area contributed by atoms with Gasteiger partial charge >= 0.3 is 0 Å². The van der Waals surface area contributed by atoms with Gasteiger partial charge in [-0.3, -0.25) is 9.80 Å². The molecule has 112 valence electrons. The molecule has 1 unspecified atom stereocenters. The van der Waals surface area contributed by atoms with Crippen LogP contribution in [-0.4, -0.2) is 51.5 Å². The first-order valence-corrected chi connectivity index (χ1v) is 7.77. The average Bonchev–Trinajstić information content (AvgIpc) is 2.38. The van der Waals surface area contributed by atoms with E-state index in [2.05, 4.69) is 54.4 Å². The SMILES string of the molecule is CC(C)c1nccc(CN2CCN(C(C)C)C(C)C2)n1. The minimum Gasteiger partial charge on any atom is -0.296 e. The van der Waals surface area contributed by atoms with E-state index in [1.165, 1.54) is 0 Å². The van der Waals surface area contributed by atoms with Crippen molar-refractivity contribution in [2.75, 3.05) is 19.6 Å². The summed E-state index contributed by atoms with van der Waals surface area (Å²) in [4.78, 5) is 14.1.